The molecule has 1 fully saturated rings. The van der Waals surface area contributed by atoms with Gasteiger partial charge in [0.1, 0.15) is 11.9 Å². The van der Waals surface area contributed by atoms with E-state index in [0.717, 1.165) is 34.2 Å². The summed E-state index contributed by atoms with van der Waals surface area (Å²) in [7, 11) is 1.75. The van der Waals surface area contributed by atoms with E-state index in [1.54, 1.807) is 30.1 Å². The van der Waals surface area contributed by atoms with E-state index in [2.05, 4.69) is 15.2 Å². The van der Waals surface area contributed by atoms with Gasteiger partial charge < -0.3 is 29.7 Å². The van der Waals surface area contributed by atoms with E-state index in [1.807, 2.05) is 97.9 Å². The number of benzene rings is 5. The number of carbonyl (C=O) groups excluding carboxylic acids is 3. The Morgan fingerprint density at radius 3 is 2.38 bits per heavy atom. The van der Waals surface area contributed by atoms with Gasteiger partial charge in [-0.05, 0) is 91.1 Å². The highest BCUT2D eigenvalue weighted by atomic mass is 16.6. The summed E-state index contributed by atoms with van der Waals surface area (Å²) in [6, 6.07) is 37.1. The minimum atomic E-state index is -0.763. The number of aliphatic hydroxyl groups is 1. The number of aromatic nitrogens is 1. The molecule has 0 saturated carbocycles. The van der Waals surface area contributed by atoms with Crippen molar-refractivity contribution >= 4 is 40.1 Å². The number of carbonyl (C=O) groups is 3. The summed E-state index contributed by atoms with van der Waals surface area (Å²) >= 11 is 0. The Balaban J connectivity index is 0.845. The molecule has 0 spiro atoms. The molecule has 1 saturated heterocycles. The molecular weight excluding hydrogens is 769 g/mol. The smallest absolute Gasteiger partial charge is 0.411 e. The number of para-hydroxylation sites is 1. The zero-order valence-electron chi connectivity index (χ0n) is 34.6. The molecule has 1 atom stereocenters. The molecular formula is C50H52N4O7. The van der Waals surface area contributed by atoms with Gasteiger partial charge in [0.05, 0.1) is 17.3 Å². The molecule has 61 heavy (non-hydrogen) atoms. The first-order valence-electron chi connectivity index (χ1n) is 20.9. The number of piperidine rings is 1. The number of H-pyrrole nitrogens is 1. The Morgan fingerprint density at radius 1 is 0.885 bits per heavy atom. The number of fused-ring (bicyclic) bond motifs is 1. The van der Waals surface area contributed by atoms with Crippen LogP contribution in [-0.2, 0) is 22.4 Å². The topological polar surface area (TPSA) is 152 Å². The predicted molar refractivity (Wildman–Crippen MR) is 239 cm³/mol. The molecule has 0 aliphatic carbocycles. The van der Waals surface area contributed by atoms with Gasteiger partial charge in [0.25, 0.3) is 0 Å². The number of anilines is 2. The second kappa shape index (κ2) is 19.7. The SMILES string of the molecule is Cc1ccc(C(=O)Cc2ccc(CCC[C@H](O)c3ccc(O)c4[nH]c(=O)ccc34)cc2)cc1N(C)C(=O)CCN1CCC(OC(=O)Nc2ccccc2-c2ccccc2)CC1. The molecule has 4 N–H and O–H groups in total. The summed E-state index contributed by atoms with van der Waals surface area (Å²) in [5.74, 6) is -0.125. The van der Waals surface area contributed by atoms with Gasteiger partial charge in [-0.3, -0.25) is 19.7 Å². The Hall–Kier alpha value is -6.56. The number of hydrogen-bond acceptors (Lipinski definition) is 8. The van der Waals surface area contributed by atoms with Crippen molar-refractivity contribution in [1.82, 2.24) is 9.88 Å². The van der Waals surface area contributed by atoms with E-state index in [4.69, 9.17) is 4.74 Å². The van der Waals surface area contributed by atoms with Crippen LogP contribution in [0.5, 0.6) is 5.75 Å². The molecule has 11 heteroatoms. The van der Waals surface area contributed by atoms with Crippen LogP contribution in [-0.4, -0.2) is 70.7 Å². The molecule has 5 aromatic carbocycles. The van der Waals surface area contributed by atoms with E-state index >= 15 is 0 Å². The van der Waals surface area contributed by atoms with Crippen molar-refractivity contribution in [3.05, 3.63) is 159 Å². The largest absolute Gasteiger partial charge is 0.506 e. The summed E-state index contributed by atoms with van der Waals surface area (Å²) in [6.45, 7) is 3.94. The van der Waals surface area contributed by atoms with Crippen molar-refractivity contribution in [3.8, 4) is 16.9 Å². The number of rotatable bonds is 15. The molecule has 0 bridgehead atoms. The van der Waals surface area contributed by atoms with Gasteiger partial charge in [0.2, 0.25) is 11.5 Å². The minimum Gasteiger partial charge on any atom is -0.506 e. The number of phenolic OH excluding ortho intramolecular Hbond substituents is 1. The van der Waals surface area contributed by atoms with Crippen LogP contribution in [0.25, 0.3) is 22.0 Å². The number of aliphatic hydroxyl groups excluding tert-OH is 1. The Labute approximate surface area is 355 Å². The lowest BCUT2D eigenvalue weighted by Crippen LogP contribution is -2.40. The van der Waals surface area contributed by atoms with Crippen molar-refractivity contribution in [3.63, 3.8) is 0 Å². The number of aromatic amines is 1. The number of aryl methyl sites for hydroxylation is 2. The average Bonchev–Trinajstić information content (AvgIpc) is 3.27. The number of nitrogens with zero attached hydrogens (tertiary/aromatic N) is 2. The van der Waals surface area contributed by atoms with Crippen LogP contribution in [0.2, 0.25) is 0 Å². The first-order chi connectivity index (χ1) is 29.5. The van der Waals surface area contributed by atoms with Crippen LogP contribution < -0.4 is 15.8 Å². The summed E-state index contributed by atoms with van der Waals surface area (Å²) in [5, 5.41) is 24.6. The van der Waals surface area contributed by atoms with Crippen LogP contribution in [0, 0.1) is 6.92 Å². The number of phenols is 1. The number of ketones is 1. The first-order valence-corrected chi connectivity index (χ1v) is 20.9. The highest BCUT2D eigenvalue weighted by molar-refractivity contribution is 6.00. The van der Waals surface area contributed by atoms with Crippen LogP contribution in [0.3, 0.4) is 0 Å². The third kappa shape index (κ3) is 10.8. The molecule has 314 valence electrons. The lowest BCUT2D eigenvalue weighted by molar-refractivity contribution is -0.118. The standard InChI is InChI=1S/C50H52N4O7/c1-33-15-20-37(46(57)31-35-18-16-34(17-19-35)9-8-14-44(55)40-21-23-45(56)49-41(40)22-24-47(58)52-49)32-43(33)53(2)48(59)27-30-54-28-25-38(26-29-54)61-50(60)51-42-13-7-6-12-39(42)36-10-4-3-5-11-36/h3-7,10-13,15-24,32,38,44,55-56H,8-9,14,25-31H2,1-2H3,(H,51,60)(H,52,58)/t44-/m0/s1. The number of nitrogens with one attached hydrogen (secondary N) is 2. The number of likely N-dealkylation sites (tertiary alicyclic amines) is 1. The predicted octanol–water partition coefficient (Wildman–Crippen LogP) is 8.76. The van der Waals surface area contributed by atoms with Crippen LogP contribution in [0.15, 0.2) is 126 Å². The van der Waals surface area contributed by atoms with E-state index in [1.165, 1.54) is 12.1 Å². The van der Waals surface area contributed by atoms with Gasteiger partial charge in [-0.15, -0.1) is 0 Å². The summed E-state index contributed by atoms with van der Waals surface area (Å²) < 4.78 is 5.79. The molecule has 1 aliphatic heterocycles. The van der Waals surface area contributed by atoms with E-state index in [9.17, 15) is 29.4 Å². The van der Waals surface area contributed by atoms with Crippen LogP contribution in [0.4, 0.5) is 16.2 Å². The van der Waals surface area contributed by atoms with Gasteiger partial charge in [0, 0.05) is 67.8 Å². The van der Waals surface area contributed by atoms with Crippen molar-refractivity contribution in [2.24, 2.45) is 0 Å². The number of Topliss-reactive ketones (excluding diaryl/α,β-unsaturated/α-hetero) is 1. The van der Waals surface area contributed by atoms with Crippen molar-refractivity contribution < 1.29 is 29.3 Å². The zero-order chi connectivity index (χ0) is 42.9. The zero-order valence-corrected chi connectivity index (χ0v) is 34.6. The normalized spacial score (nSPS) is 13.8. The van der Waals surface area contributed by atoms with E-state index in [0.29, 0.717) is 85.1 Å². The lowest BCUT2D eigenvalue weighted by atomic mass is 9.96. The van der Waals surface area contributed by atoms with Crippen LogP contribution >= 0.6 is 0 Å². The quantitative estimate of drug-likeness (QED) is 0.0751. The first kappa shape index (κ1) is 42.6. The van der Waals surface area contributed by atoms with Gasteiger partial charge in [-0.25, -0.2) is 4.79 Å². The number of hydrogen-bond donors (Lipinski definition) is 4. The molecule has 11 nitrogen and oxygen atoms in total. The second-order valence-electron chi connectivity index (χ2n) is 15.8. The highest BCUT2D eigenvalue weighted by Gasteiger charge is 2.24. The summed E-state index contributed by atoms with van der Waals surface area (Å²) in [5.41, 5.74) is 7.38. The van der Waals surface area contributed by atoms with E-state index in [-0.39, 0.29) is 35.5 Å². The maximum atomic E-state index is 13.5. The molecule has 1 aliphatic rings. The van der Waals surface area contributed by atoms with E-state index < -0.39 is 12.2 Å². The molecule has 7 rings (SSSR count). The third-order valence-electron chi connectivity index (χ3n) is 11.6. The van der Waals surface area contributed by atoms with Gasteiger partial charge in [0.15, 0.2) is 5.78 Å². The Morgan fingerprint density at radius 2 is 1.61 bits per heavy atom. The minimum absolute atomic E-state index is 0.0401. The van der Waals surface area contributed by atoms with Crippen molar-refractivity contribution in [2.45, 2.75) is 64.1 Å². The fraction of sp³-hybridized carbons (Fsp3) is 0.280. The second-order valence-corrected chi connectivity index (χ2v) is 15.8. The molecule has 2 amide bonds. The monoisotopic (exact) mass is 820 g/mol. The molecule has 6 aromatic rings. The van der Waals surface area contributed by atoms with Crippen molar-refractivity contribution in [2.75, 3.05) is 36.9 Å². The number of ether oxygens (including phenoxy) is 1. The fourth-order valence-electron chi connectivity index (χ4n) is 8.02. The third-order valence-corrected chi connectivity index (χ3v) is 11.6. The molecule has 1 aromatic heterocycles. The Kier molecular flexibility index (Phi) is 13.7. The summed E-state index contributed by atoms with van der Waals surface area (Å²) in [6.07, 6.45) is 2.39. The molecule has 2 heterocycles. The molecule has 0 unspecified atom stereocenters. The maximum absolute atomic E-state index is 13.5. The Bertz CT molecular complexity index is 2550. The van der Waals surface area contributed by atoms with Crippen LogP contribution in [0.1, 0.15) is 70.8 Å². The molecule has 0 radical (unpaired) electrons. The summed E-state index contributed by atoms with van der Waals surface area (Å²) in [4.78, 5) is 58.0. The number of aromatic hydroxyl groups is 1. The van der Waals surface area contributed by atoms with Crippen molar-refractivity contribution in [1.29, 1.82) is 0 Å². The highest BCUT2D eigenvalue weighted by Crippen LogP contribution is 2.32. The number of pyridine rings is 1. The van der Waals surface area contributed by atoms with Gasteiger partial charge in [-0.1, -0.05) is 91.0 Å². The fourth-order valence-corrected chi connectivity index (χ4v) is 8.02. The van der Waals surface area contributed by atoms with Gasteiger partial charge in [-0.2, -0.15) is 0 Å². The number of amides is 2. The van der Waals surface area contributed by atoms with Gasteiger partial charge >= 0.3 is 6.09 Å². The average molecular weight is 821 g/mol. The lowest BCUT2D eigenvalue weighted by Gasteiger charge is -2.32. The maximum Gasteiger partial charge on any atom is 0.411 e.